The number of likely N-dealkylation sites (tertiary alicyclic amines) is 1. The summed E-state index contributed by atoms with van der Waals surface area (Å²) in [5, 5.41) is 11.3. The van der Waals surface area contributed by atoms with E-state index in [2.05, 4.69) is 0 Å². The first-order chi connectivity index (χ1) is 17.3. The maximum absolute atomic E-state index is 12.9. The van der Waals surface area contributed by atoms with Crippen molar-refractivity contribution in [2.24, 2.45) is 5.92 Å². The van der Waals surface area contributed by atoms with Gasteiger partial charge in [-0.1, -0.05) is 42.5 Å². The molecule has 36 heavy (non-hydrogen) atoms. The average Bonchev–Trinajstić information content (AvgIpc) is 3.36. The average molecular weight is 485 g/mol. The molecule has 0 unspecified atom stereocenters. The summed E-state index contributed by atoms with van der Waals surface area (Å²) < 4.78 is 5.48. The Bertz CT molecular complexity index is 1420. The standard InChI is InChI=1S/C26H19N3O7/c30-22-12-17(15-27(22)14-16-6-2-1-3-7-16)26(33)36-19-9-4-8-18(13-19)28-24(31)20-10-5-11-21(29(34)35)23(20)25(28)32/h1-11,13,17H,12,14-15H2/t17-/m0/s1. The second-order valence-corrected chi connectivity index (χ2v) is 8.48. The fourth-order valence-corrected chi connectivity index (χ4v) is 4.43. The zero-order valence-electron chi connectivity index (χ0n) is 18.8. The Balaban J connectivity index is 1.31. The summed E-state index contributed by atoms with van der Waals surface area (Å²) in [5.41, 5.74) is 0.252. The summed E-state index contributed by atoms with van der Waals surface area (Å²) in [6.07, 6.45) is 0.0213. The van der Waals surface area contributed by atoms with Gasteiger partial charge in [-0.3, -0.25) is 29.3 Å². The van der Waals surface area contributed by atoms with Crippen LogP contribution in [0.4, 0.5) is 11.4 Å². The number of nitro groups is 1. The van der Waals surface area contributed by atoms with E-state index >= 15 is 0 Å². The van der Waals surface area contributed by atoms with Crippen LogP contribution in [0.2, 0.25) is 0 Å². The highest BCUT2D eigenvalue weighted by atomic mass is 16.6. The minimum Gasteiger partial charge on any atom is -0.426 e. The number of rotatable bonds is 6. The van der Waals surface area contributed by atoms with Crippen molar-refractivity contribution in [3.8, 4) is 5.75 Å². The van der Waals surface area contributed by atoms with Gasteiger partial charge in [-0.25, -0.2) is 4.90 Å². The largest absolute Gasteiger partial charge is 0.426 e. The molecule has 2 aliphatic rings. The molecule has 3 amide bonds. The second-order valence-electron chi connectivity index (χ2n) is 8.48. The maximum atomic E-state index is 12.9. The predicted octanol–water partition coefficient (Wildman–Crippen LogP) is 3.35. The molecule has 0 bridgehead atoms. The van der Waals surface area contributed by atoms with Gasteiger partial charge < -0.3 is 9.64 Å². The van der Waals surface area contributed by atoms with Crippen molar-refractivity contribution in [3.05, 3.63) is 99.6 Å². The van der Waals surface area contributed by atoms with Gasteiger partial charge in [-0.2, -0.15) is 0 Å². The van der Waals surface area contributed by atoms with Crippen molar-refractivity contribution in [3.63, 3.8) is 0 Å². The van der Waals surface area contributed by atoms with Gasteiger partial charge >= 0.3 is 5.97 Å². The fourth-order valence-electron chi connectivity index (χ4n) is 4.43. The van der Waals surface area contributed by atoms with Crippen LogP contribution in [0.15, 0.2) is 72.8 Å². The van der Waals surface area contributed by atoms with Gasteiger partial charge in [-0.15, -0.1) is 0 Å². The summed E-state index contributed by atoms with van der Waals surface area (Å²) in [5.74, 6) is -2.87. The Kier molecular flexibility index (Phi) is 5.77. The molecule has 0 aromatic heterocycles. The van der Waals surface area contributed by atoms with Gasteiger partial charge in [0.2, 0.25) is 5.91 Å². The molecule has 1 fully saturated rings. The highest BCUT2D eigenvalue weighted by Crippen LogP contribution is 2.35. The van der Waals surface area contributed by atoms with Crippen LogP contribution in [-0.2, 0) is 16.1 Å². The summed E-state index contributed by atoms with van der Waals surface area (Å²) in [6.45, 7) is 0.610. The first-order valence-electron chi connectivity index (χ1n) is 11.1. The third-order valence-corrected chi connectivity index (χ3v) is 6.15. The highest BCUT2D eigenvalue weighted by Gasteiger charge is 2.42. The minimum atomic E-state index is -0.830. The van der Waals surface area contributed by atoms with Crippen molar-refractivity contribution in [1.29, 1.82) is 0 Å². The number of nitrogens with zero attached hydrogens (tertiary/aromatic N) is 3. The van der Waals surface area contributed by atoms with Crippen molar-refractivity contribution < 1.29 is 28.8 Å². The summed E-state index contributed by atoms with van der Waals surface area (Å²) in [4.78, 5) is 64.1. The lowest BCUT2D eigenvalue weighted by Crippen LogP contribution is -2.29. The Morgan fingerprint density at radius 1 is 0.972 bits per heavy atom. The molecule has 10 nitrogen and oxygen atoms in total. The zero-order chi connectivity index (χ0) is 25.4. The number of carbonyl (C=O) groups excluding carboxylic acids is 4. The Labute approximate surface area is 204 Å². The van der Waals surface area contributed by atoms with Crippen molar-refractivity contribution in [2.75, 3.05) is 11.4 Å². The Hall–Kier alpha value is -4.86. The molecule has 0 aliphatic carbocycles. The van der Waals surface area contributed by atoms with E-state index in [1.165, 1.54) is 36.4 Å². The van der Waals surface area contributed by atoms with Crippen LogP contribution in [0.3, 0.4) is 0 Å². The van der Waals surface area contributed by atoms with Crippen LogP contribution in [0, 0.1) is 16.0 Å². The molecule has 2 aliphatic heterocycles. The zero-order valence-corrected chi connectivity index (χ0v) is 18.8. The van der Waals surface area contributed by atoms with E-state index in [1.807, 2.05) is 30.3 Å². The lowest BCUT2D eigenvalue weighted by Gasteiger charge is -2.17. The van der Waals surface area contributed by atoms with E-state index in [0.29, 0.717) is 6.54 Å². The van der Waals surface area contributed by atoms with E-state index in [1.54, 1.807) is 4.90 Å². The number of hydrogen-bond acceptors (Lipinski definition) is 7. The number of amides is 3. The molecule has 0 radical (unpaired) electrons. The number of ether oxygens (including phenoxy) is 1. The SMILES string of the molecule is O=C(Oc1cccc(N2C(=O)c3cccc([N+](=O)[O-])c3C2=O)c1)[C@H]1CC(=O)N(Cc2ccccc2)C1. The van der Waals surface area contributed by atoms with Crippen LogP contribution < -0.4 is 9.64 Å². The van der Waals surface area contributed by atoms with Crippen molar-refractivity contribution in [2.45, 2.75) is 13.0 Å². The topological polar surface area (TPSA) is 127 Å². The van der Waals surface area contributed by atoms with Gasteiger partial charge in [0.1, 0.15) is 11.3 Å². The Morgan fingerprint density at radius 2 is 1.72 bits per heavy atom. The lowest BCUT2D eigenvalue weighted by molar-refractivity contribution is -0.385. The van der Waals surface area contributed by atoms with Gasteiger partial charge in [0, 0.05) is 31.6 Å². The number of benzene rings is 3. The molecule has 3 aromatic rings. The van der Waals surface area contributed by atoms with Gasteiger partial charge in [-0.05, 0) is 23.8 Å². The molecule has 0 N–H and O–H groups in total. The maximum Gasteiger partial charge on any atom is 0.316 e. The number of carbonyl (C=O) groups is 4. The summed E-state index contributed by atoms with van der Waals surface area (Å²) >= 11 is 0. The number of fused-ring (bicyclic) bond motifs is 1. The third-order valence-electron chi connectivity index (χ3n) is 6.15. The molecular weight excluding hydrogens is 466 g/mol. The molecule has 10 heteroatoms. The van der Waals surface area contributed by atoms with Crippen molar-refractivity contribution in [1.82, 2.24) is 4.90 Å². The summed E-state index contributed by atoms with van der Waals surface area (Å²) in [7, 11) is 0. The van der Waals surface area contributed by atoms with Crippen LogP contribution in [0.1, 0.15) is 32.7 Å². The molecule has 0 spiro atoms. The fraction of sp³-hybridized carbons (Fsp3) is 0.154. The van der Waals surface area contributed by atoms with Crippen LogP contribution in [0.5, 0.6) is 5.75 Å². The molecule has 5 rings (SSSR count). The molecule has 180 valence electrons. The second kappa shape index (κ2) is 9.06. The van der Waals surface area contributed by atoms with E-state index in [9.17, 15) is 29.3 Å². The molecule has 0 saturated carbocycles. The summed E-state index contributed by atoms with van der Waals surface area (Å²) in [6, 6.07) is 19.1. The van der Waals surface area contributed by atoms with Gasteiger partial charge in [0.15, 0.2) is 0 Å². The smallest absolute Gasteiger partial charge is 0.316 e. The number of esters is 1. The predicted molar refractivity (Wildman–Crippen MR) is 126 cm³/mol. The first kappa shape index (κ1) is 22.9. The molecule has 1 saturated heterocycles. The molecule has 1 atom stereocenters. The minimum absolute atomic E-state index is 0.0213. The monoisotopic (exact) mass is 485 g/mol. The highest BCUT2D eigenvalue weighted by molar-refractivity contribution is 6.35. The number of nitro benzene ring substituents is 1. The van der Waals surface area contributed by atoms with Crippen LogP contribution in [-0.4, -0.2) is 40.1 Å². The van der Waals surface area contributed by atoms with Gasteiger partial charge in [0.25, 0.3) is 17.5 Å². The van der Waals surface area contributed by atoms with E-state index < -0.39 is 34.3 Å². The molecule has 2 heterocycles. The quantitative estimate of drug-likeness (QED) is 0.172. The molecule has 3 aromatic carbocycles. The van der Waals surface area contributed by atoms with E-state index in [-0.39, 0.29) is 41.4 Å². The Morgan fingerprint density at radius 3 is 2.47 bits per heavy atom. The van der Waals surface area contributed by atoms with Gasteiger partial charge in [0.05, 0.1) is 22.1 Å². The van der Waals surface area contributed by atoms with Crippen LogP contribution in [0.25, 0.3) is 0 Å². The van der Waals surface area contributed by atoms with E-state index in [0.717, 1.165) is 16.5 Å². The third kappa shape index (κ3) is 4.09. The number of anilines is 1. The van der Waals surface area contributed by atoms with Crippen molar-refractivity contribution >= 4 is 35.1 Å². The lowest BCUT2D eigenvalue weighted by atomic mass is 10.1. The number of imide groups is 1. The van der Waals surface area contributed by atoms with E-state index in [4.69, 9.17) is 4.74 Å². The normalized spacial score (nSPS) is 16.9. The molecular formula is C26H19N3O7. The number of hydrogen-bond donors (Lipinski definition) is 0. The first-order valence-corrected chi connectivity index (χ1v) is 11.1. The van der Waals surface area contributed by atoms with Crippen LogP contribution >= 0.6 is 0 Å².